The summed E-state index contributed by atoms with van der Waals surface area (Å²) in [6.07, 6.45) is 1.40. The van der Waals surface area contributed by atoms with E-state index in [1.807, 2.05) is 25.1 Å². The molecule has 0 heterocycles. The van der Waals surface area contributed by atoms with E-state index in [1.54, 1.807) is 77.7 Å². The van der Waals surface area contributed by atoms with Crippen LogP contribution in [0.4, 0.5) is 15.8 Å². The molecule has 0 aromatic heterocycles. The van der Waals surface area contributed by atoms with Crippen LogP contribution in [0.3, 0.4) is 0 Å². The first kappa shape index (κ1) is 31.0. The first-order valence-electron chi connectivity index (χ1n) is 14.2. The van der Waals surface area contributed by atoms with Crippen molar-refractivity contribution in [3.05, 3.63) is 126 Å². The van der Waals surface area contributed by atoms with Gasteiger partial charge in [-0.1, -0.05) is 61.5 Å². The van der Waals surface area contributed by atoms with Crippen molar-refractivity contribution >= 4 is 29.0 Å². The van der Waals surface area contributed by atoms with Crippen LogP contribution in [0, 0.1) is 5.82 Å². The number of anilines is 2. The summed E-state index contributed by atoms with van der Waals surface area (Å²) < 4.78 is 24.4. The maximum absolute atomic E-state index is 13.4. The van der Waals surface area contributed by atoms with E-state index in [4.69, 9.17) is 9.47 Å². The number of para-hydroxylation sites is 1. The van der Waals surface area contributed by atoms with Crippen LogP contribution in [0.25, 0.3) is 0 Å². The molecule has 0 aliphatic heterocycles. The normalized spacial score (nSPS) is 11.3. The number of amides is 1. The van der Waals surface area contributed by atoms with Gasteiger partial charge in [0.2, 0.25) is 5.91 Å². The van der Waals surface area contributed by atoms with Crippen molar-refractivity contribution < 1.29 is 28.2 Å². The van der Waals surface area contributed by atoms with Gasteiger partial charge in [0.1, 0.15) is 24.2 Å². The Morgan fingerprint density at radius 2 is 1.53 bits per heavy atom. The maximum Gasteiger partial charge on any atom is 0.328 e. The average molecular weight is 583 g/mol. The largest absolute Gasteiger partial charge is 0.492 e. The number of benzene rings is 4. The van der Waals surface area contributed by atoms with E-state index < -0.39 is 12.0 Å². The molecule has 1 atom stereocenters. The second-order valence-corrected chi connectivity index (χ2v) is 9.93. The molecule has 0 aliphatic carbocycles. The Balaban J connectivity index is 1.41. The van der Waals surface area contributed by atoms with Crippen LogP contribution in [-0.4, -0.2) is 44.0 Å². The highest BCUT2D eigenvalue weighted by molar-refractivity contribution is 6.12. The van der Waals surface area contributed by atoms with Gasteiger partial charge in [0.15, 0.2) is 5.78 Å². The first-order valence-corrected chi connectivity index (χ1v) is 14.2. The van der Waals surface area contributed by atoms with Gasteiger partial charge in [-0.3, -0.25) is 9.59 Å². The minimum absolute atomic E-state index is 0.0542. The molecule has 4 aromatic carbocycles. The van der Waals surface area contributed by atoms with Gasteiger partial charge in [0, 0.05) is 35.3 Å². The Bertz CT molecular complexity index is 1510. The second kappa shape index (κ2) is 15.3. The molecule has 0 aliphatic rings. The molecule has 1 amide bonds. The fourth-order valence-corrected chi connectivity index (χ4v) is 4.66. The topological polar surface area (TPSA) is 84.9 Å². The van der Waals surface area contributed by atoms with Gasteiger partial charge in [-0.15, -0.1) is 0 Å². The lowest BCUT2D eigenvalue weighted by molar-refractivity contribution is -0.141. The van der Waals surface area contributed by atoms with Crippen molar-refractivity contribution in [1.82, 2.24) is 0 Å². The molecule has 4 aromatic rings. The predicted molar refractivity (Wildman–Crippen MR) is 165 cm³/mol. The third-order valence-electron chi connectivity index (χ3n) is 6.87. The zero-order valence-electron chi connectivity index (χ0n) is 24.3. The molecule has 222 valence electrons. The van der Waals surface area contributed by atoms with Crippen LogP contribution >= 0.6 is 0 Å². The number of ketones is 1. The summed E-state index contributed by atoms with van der Waals surface area (Å²) in [6.45, 7) is 2.48. The van der Waals surface area contributed by atoms with Gasteiger partial charge in [-0.25, -0.2) is 9.18 Å². The van der Waals surface area contributed by atoms with Crippen LogP contribution in [0.15, 0.2) is 103 Å². The van der Waals surface area contributed by atoms with Gasteiger partial charge in [-0.05, 0) is 60.5 Å². The van der Waals surface area contributed by atoms with E-state index in [2.05, 4.69) is 5.32 Å². The molecule has 8 heteroatoms. The lowest BCUT2D eigenvalue weighted by Crippen LogP contribution is -2.34. The Hall–Kier alpha value is -4.98. The maximum atomic E-state index is 13.4. The Morgan fingerprint density at radius 3 is 2.21 bits per heavy atom. The van der Waals surface area contributed by atoms with Crippen LogP contribution in [-0.2, 0) is 20.7 Å². The molecule has 43 heavy (non-hydrogen) atoms. The van der Waals surface area contributed by atoms with Crippen LogP contribution in [0.5, 0.6) is 5.75 Å². The molecule has 0 saturated heterocycles. The minimum Gasteiger partial charge on any atom is -0.492 e. The van der Waals surface area contributed by atoms with Crippen molar-refractivity contribution in [3.8, 4) is 5.75 Å². The fourth-order valence-electron chi connectivity index (χ4n) is 4.66. The zero-order valence-corrected chi connectivity index (χ0v) is 24.3. The van der Waals surface area contributed by atoms with Crippen LogP contribution in [0.1, 0.15) is 41.3 Å². The van der Waals surface area contributed by atoms with E-state index in [9.17, 15) is 18.8 Å². The highest BCUT2D eigenvalue weighted by atomic mass is 19.1. The monoisotopic (exact) mass is 582 g/mol. The van der Waals surface area contributed by atoms with Gasteiger partial charge in [0.25, 0.3) is 0 Å². The molecule has 0 radical (unpaired) electrons. The van der Waals surface area contributed by atoms with Gasteiger partial charge in [-0.2, -0.15) is 0 Å². The van der Waals surface area contributed by atoms with Gasteiger partial charge >= 0.3 is 5.97 Å². The van der Waals surface area contributed by atoms with Crippen molar-refractivity contribution in [2.75, 3.05) is 30.5 Å². The smallest absolute Gasteiger partial charge is 0.328 e. The number of hydrogen-bond acceptors (Lipinski definition) is 6. The van der Waals surface area contributed by atoms with Gasteiger partial charge < -0.3 is 19.7 Å². The number of esters is 1. The summed E-state index contributed by atoms with van der Waals surface area (Å²) in [4.78, 5) is 40.2. The SMILES string of the molecule is CCCC(=O)N(CCOc1ccc(CC(Nc2ccccc2C(=O)c2ccccc2)C(=O)OC)cc1)c1ccc(F)cc1. The molecule has 1 N–H and O–H groups in total. The number of rotatable bonds is 14. The number of halogens is 1. The number of nitrogens with one attached hydrogen (secondary N) is 1. The molecule has 0 saturated carbocycles. The second-order valence-electron chi connectivity index (χ2n) is 9.93. The highest BCUT2D eigenvalue weighted by Gasteiger charge is 2.23. The minimum atomic E-state index is -0.740. The summed E-state index contributed by atoms with van der Waals surface area (Å²) in [5.74, 6) is -0.422. The number of carbonyl (C=O) groups is 3. The number of hydrogen-bond donors (Lipinski definition) is 1. The average Bonchev–Trinajstić information content (AvgIpc) is 3.04. The molecule has 1 unspecified atom stereocenters. The summed E-state index contributed by atoms with van der Waals surface area (Å²) >= 11 is 0. The van der Waals surface area contributed by atoms with E-state index in [1.165, 1.54) is 19.2 Å². The van der Waals surface area contributed by atoms with E-state index in [0.717, 1.165) is 5.56 Å². The molecule has 0 bridgehead atoms. The lowest BCUT2D eigenvalue weighted by atomic mass is 10.00. The predicted octanol–water partition coefficient (Wildman–Crippen LogP) is 6.47. The third kappa shape index (κ3) is 8.52. The fraction of sp³-hybridized carbons (Fsp3) is 0.229. The quantitative estimate of drug-likeness (QED) is 0.136. The number of methoxy groups -OCH3 is 1. The summed E-state index contributed by atoms with van der Waals surface area (Å²) in [6, 6.07) is 28.4. The number of nitrogens with zero attached hydrogens (tertiary/aromatic N) is 1. The summed E-state index contributed by atoms with van der Waals surface area (Å²) in [7, 11) is 1.33. The Labute approximate surface area is 251 Å². The van der Waals surface area contributed by atoms with Gasteiger partial charge in [0.05, 0.1) is 13.7 Å². The summed E-state index contributed by atoms with van der Waals surface area (Å²) in [5, 5.41) is 3.21. The molecular formula is C35H35FN2O5. The third-order valence-corrected chi connectivity index (χ3v) is 6.87. The molecule has 7 nitrogen and oxygen atoms in total. The molecular weight excluding hydrogens is 547 g/mol. The van der Waals surface area contributed by atoms with E-state index >= 15 is 0 Å². The first-order chi connectivity index (χ1) is 20.9. The van der Waals surface area contributed by atoms with E-state index in [0.29, 0.717) is 54.1 Å². The van der Waals surface area contributed by atoms with Crippen molar-refractivity contribution in [3.63, 3.8) is 0 Å². The van der Waals surface area contributed by atoms with Crippen LogP contribution in [0.2, 0.25) is 0 Å². The molecule has 0 fully saturated rings. The van der Waals surface area contributed by atoms with E-state index in [-0.39, 0.29) is 24.1 Å². The number of carbonyl (C=O) groups excluding carboxylic acids is 3. The Morgan fingerprint density at radius 1 is 0.860 bits per heavy atom. The Kier molecular flexibility index (Phi) is 11.0. The lowest BCUT2D eigenvalue weighted by Gasteiger charge is -2.23. The van der Waals surface area contributed by atoms with Crippen molar-refractivity contribution in [2.45, 2.75) is 32.2 Å². The van der Waals surface area contributed by atoms with Crippen LogP contribution < -0.4 is 15.0 Å². The van der Waals surface area contributed by atoms with Crippen molar-refractivity contribution in [2.24, 2.45) is 0 Å². The number of ether oxygens (including phenoxy) is 2. The zero-order chi connectivity index (χ0) is 30.6. The standard InChI is InChI=1S/C35H35FN2O5/c1-3-9-33(39)38(28-18-16-27(36)17-19-28)22-23-43-29-20-14-25(15-21-29)24-32(35(41)42-2)37-31-13-8-7-12-30(31)34(40)26-10-5-4-6-11-26/h4-8,10-21,32,37H,3,9,22-24H2,1-2H3. The highest BCUT2D eigenvalue weighted by Crippen LogP contribution is 2.23. The molecule has 4 rings (SSSR count). The van der Waals surface area contributed by atoms with Crippen molar-refractivity contribution in [1.29, 1.82) is 0 Å². The summed E-state index contributed by atoms with van der Waals surface area (Å²) in [5.41, 5.74) is 3.02. The molecule has 0 spiro atoms.